The van der Waals surface area contributed by atoms with Gasteiger partial charge in [-0.25, -0.2) is 0 Å². The first-order chi connectivity index (χ1) is 28.0. The van der Waals surface area contributed by atoms with Crippen LogP contribution in [0, 0.1) is 0 Å². The highest BCUT2D eigenvalue weighted by molar-refractivity contribution is 5.77. The highest BCUT2D eigenvalue weighted by atomic mass is 16.5. The average molecular weight is 808 g/mol. The van der Waals surface area contributed by atoms with Gasteiger partial charge in [0.1, 0.15) is 6.10 Å². The number of aliphatic hydroxyl groups is 2. The second-order valence-corrected chi connectivity index (χ2v) is 17.9. The molecule has 0 bridgehead atoms. The molecule has 1 amide bonds. The van der Waals surface area contributed by atoms with Crippen molar-refractivity contribution in [1.82, 2.24) is 5.32 Å². The number of aliphatic hydroxyl groups excluding tert-OH is 2. The summed E-state index contributed by atoms with van der Waals surface area (Å²) < 4.78 is 5.91. The maximum absolute atomic E-state index is 13.1. The van der Waals surface area contributed by atoms with Crippen LogP contribution in [-0.4, -0.2) is 46.9 Å². The van der Waals surface area contributed by atoms with Crippen molar-refractivity contribution < 1.29 is 24.5 Å². The van der Waals surface area contributed by atoms with Crippen molar-refractivity contribution in [3.05, 3.63) is 0 Å². The van der Waals surface area contributed by atoms with Gasteiger partial charge < -0.3 is 20.3 Å². The number of carbonyl (C=O) groups is 2. The molecule has 6 heteroatoms. The molecule has 57 heavy (non-hydrogen) atoms. The number of ether oxygens (including phenoxy) is 1. The fourth-order valence-electron chi connectivity index (χ4n) is 8.26. The lowest BCUT2D eigenvalue weighted by Gasteiger charge is -2.24. The van der Waals surface area contributed by atoms with Gasteiger partial charge in [0, 0.05) is 6.42 Å². The van der Waals surface area contributed by atoms with Crippen molar-refractivity contribution >= 4 is 11.9 Å². The standard InChI is InChI=1S/C51H101NO5/c1-4-7-10-13-16-19-21-23-24-25-26-27-28-30-32-35-38-41-44-51(56)57-47(42-39-36-33-18-15-12-9-6-3)45-50(55)52-48(46-53)49(54)43-40-37-34-31-29-22-20-17-14-11-8-5-2/h47-49,53-54H,4-46H2,1-3H3,(H,52,55). The second kappa shape index (κ2) is 45.9. The van der Waals surface area contributed by atoms with Crippen molar-refractivity contribution in [2.45, 2.75) is 309 Å². The molecule has 3 atom stereocenters. The number of hydrogen-bond acceptors (Lipinski definition) is 5. The van der Waals surface area contributed by atoms with Gasteiger partial charge >= 0.3 is 5.97 Å². The first-order valence-electron chi connectivity index (χ1n) is 25.8. The van der Waals surface area contributed by atoms with Crippen LogP contribution in [0.1, 0.15) is 290 Å². The van der Waals surface area contributed by atoms with Crippen molar-refractivity contribution in [2.75, 3.05) is 6.61 Å². The van der Waals surface area contributed by atoms with E-state index < -0.39 is 18.2 Å². The van der Waals surface area contributed by atoms with Crippen LogP contribution in [0.3, 0.4) is 0 Å². The van der Waals surface area contributed by atoms with E-state index in [9.17, 15) is 19.8 Å². The highest BCUT2D eigenvalue weighted by Gasteiger charge is 2.24. The van der Waals surface area contributed by atoms with Crippen LogP contribution in [0.4, 0.5) is 0 Å². The van der Waals surface area contributed by atoms with Gasteiger partial charge in [-0.3, -0.25) is 9.59 Å². The molecule has 0 aromatic carbocycles. The Morgan fingerprint density at radius 3 is 1.07 bits per heavy atom. The van der Waals surface area contributed by atoms with Crippen molar-refractivity contribution in [3.8, 4) is 0 Å². The van der Waals surface area contributed by atoms with Gasteiger partial charge in [0.15, 0.2) is 0 Å². The molecule has 0 aromatic rings. The van der Waals surface area contributed by atoms with Crippen LogP contribution in [0.5, 0.6) is 0 Å². The summed E-state index contributed by atoms with van der Waals surface area (Å²) in [6.45, 7) is 6.49. The number of hydrogen-bond donors (Lipinski definition) is 3. The minimum absolute atomic E-state index is 0.0865. The van der Waals surface area contributed by atoms with E-state index >= 15 is 0 Å². The molecular formula is C51H101NO5. The number of amides is 1. The van der Waals surface area contributed by atoms with Gasteiger partial charge in [-0.15, -0.1) is 0 Å². The fourth-order valence-corrected chi connectivity index (χ4v) is 8.26. The third kappa shape index (κ3) is 41.4. The zero-order valence-electron chi connectivity index (χ0n) is 38.8. The van der Waals surface area contributed by atoms with Crippen LogP contribution in [0.15, 0.2) is 0 Å². The zero-order chi connectivity index (χ0) is 41.7. The topological polar surface area (TPSA) is 95.9 Å². The first-order valence-corrected chi connectivity index (χ1v) is 25.8. The monoisotopic (exact) mass is 808 g/mol. The average Bonchev–Trinajstić information content (AvgIpc) is 3.20. The number of unbranched alkanes of at least 4 members (excludes halogenated alkanes) is 35. The number of rotatable bonds is 47. The molecule has 0 heterocycles. The lowest BCUT2D eigenvalue weighted by atomic mass is 10.0. The van der Waals surface area contributed by atoms with E-state index in [1.807, 2.05) is 0 Å². The Kier molecular flexibility index (Phi) is 45.0. The van der Waals surface area contributed by atoms with Crippen molar-refractivity contribution in [2.24, 2.45) is 0 Å². The van der Waals surface area contributed by atoms with E-state index in [1.54, 1.807) is 0 Å². The molecule has 0 aliphatic rings. The Balaban J connectivity index is 4.34. The minimum Gasteiger partial charge on any atom is -0.462 e. The van der Waals surface area contributed by atoms with Crippen molar-refractivity contribution in [1.29, 1.82) is 0 Å². The molecule has 3 unspecified atom stereocenters. The number of carbonyl (C=O) groups excluding carboxylic acids is 2. The molecule has 0 saturated carbocycles. The molecule has 0 radical (unpaired) electrons. The minimum atomic E-state index is -0.777. The molecule has 0 spiro atoms. The number of esters is 1. The van der Waals surface area contributed by atoms with E-state index in [-0.39, 0.29) is 24.9 Å². The SMILES string of the molecule is CCCCCCCCCCCCCCCCCCCCC(=O)OC(CCCCCCCCCC)CC(=O)NC(CO)C(O)CCCCCCCCCCCCCC. The summed E-state index contributed by atoms with van der Waals surface area (Å²) in [5.74, 6) is -0.456. The van der Waals surface area contributed by atoms with Gasteiger partial charge in [0.25, 0.3) is 0 Å². The Bertz CT molecular complexity index is 821. The van der Waals surface area contributed by atoms with Gasteiger partial charge in [-0.1, -0.05) is 252 Å². The molecule has 0 fully saturated rings. The number of nitrogens with one attached hydrogen (secondary N) is 1. The summed E-state index contributed by atoms with van der Waals surface area (Å²) in [6.07, 6.45) is 48.9. The van der Waals surface area contributed by atoms with E-state index in [4.69, 9.17) is 4.74 Å². The van der Waals surface area contributed by atoms with E-state index in [1.165, 1.54) is 205 Å². The molecule has 0 aliphatic heterocycles. The third-order valence-corrected chi connectivity index (χ3v) is 12.2. The van der Waals surface area contributed by atoms with Gasteiger partial charge in [0.05, 0.1) is 25.2 Å². The van der Waals surface area contributed by atoms with Crippen LogP contribution in [0.25, 0.3) is 0 Å². The summed E-state index contributed by atoms with van der Waals surface area (Å²) in [5, 5.41) is 23.7. The largest absolute Gasteiger partial charge is 0.462 e. The summed E-state index contributed by atoms with van der Waals surface area (Å²) >= 11 is 0. The Morgan fingerprint density at radius 2 is 0.737 bits per heavy atom. The smallest absolute Gasteiger partial charge is 0.306 e. The molecule has 0 rings (SSSR count). The van der Waals surface area contributed by atoms with Gasteiger partial charge in [0.2, 0.25) is 5.91 Å². The highest BCUT2D eigenvalue weighted by Crippen LogP contribution is 2.19. The molecule has 340 valence electrons. The molecule has 0 saturated heterocycles. The van der Waals surface area contributed by atoms with E-state index in [0.717, 1.165) is 38.5 Å². The molecule has 3 N–H and O–H groups in total. The summed E-state index contributed by atoms with van der Waals surface area (Å²) in [5.41, 5.74) is 0. The molecule has 0 aromatic heterocycles. The quantitative estimate of drug-likeness (QED) is 0.0420. The van der Waals surface area contributed by atoms with Gasteiger partial charge in [-0.05, 0) is 25.7 Å². The summed E-state index contributed by atoms with van der Waals surface area (Å²) in [7, 11) is 0. The molecule has 0 aliphatic carbocycles. The first kappa shape index (κ1) is 55.9. The predicted molar refractivity (Wildman–Crippen MR) is 246 cm³/mol. The predicted octanol–water partition coefficient (Wildman–Crippen LogP) is 15.2. The van der Waals surface area contributed by atoms with Crippen molar-refractivity contribution in [3.63, 3.8) is 0 Å². The van der Waals surface area contributed by atoms with E-state index in [0.29, 0.717) is 19.3 Å². The summed E-state index contributed by atoms with van der Waals surface area (Å²) in [6, 6.07) is -0.690. The molecular weight excluding hydrogens is 707 g/mol. The fraction of sp³-hybridized carbons (Fsp3) is 0.961. The molecule has 6 nitrogen and oxygen atoms in total. The second-order valence-electron chi connectivity index (χ2n) is 17.9. The third-order valence-electron chi connectivity index (χ3n) is 12.2. The van der Waals surface area contributed by atoms with Crippen LogP contribution >= 0.6 is 0 Å². The Labute approximate surface area is 356 Å². The Morgan fingerprint density at radius 1 is 0.439 bits per heavy atom. The lowest BCUT2D eigenvalue weighted by Crippen LogP contribution is -2.46. The van der Waals surface area contributed by atoms with E-state index in [2.05, 4.69) is 26.1 Å². The Hall–Kier alpha value is -1.14. The maximum Gasteiger partial charge on any atom is 0.306 e. The van der Waals surface area contributed by atoms with Gasteiger partial charge in [-0.2, -0.15) is 0 Å². The summed E-state index contributed by atoms with van der Waals surface area (Å²) in [4.78, 5) is 26.0. The van der Waals surface area contributed by atoms with Crippen LogP contribution < -0.4 is 5.32 Å². The van der Waals surface area contributed by atoms with Crippen LogP contribution in [0.2, 0.25) is 0 Å². The lowest BCUT2D eigenvalue weighted by molar-refractivity contribution is -0.151. The zero-order valence-corrected chi connectivity index (χ0v) is 38.8. The maximum atomic E-state index is 13.1. The van der Waals surface area contributed by atoms with Crippen LogP contribution in [-0.2, 0) is 14.3 Å². The normalized spacial score (nSPS) is 13.1.